The molecular formula is C14H28N2O2. The summed E-state index contributed by atoms with van der Waals surface area (Å²) in [6, 6.07) is 0. The lowest BCUT2D eigenvalue weighted by atomic mass is 9.79. The molecule has 0 saturated heterocycles. The van der Waals surface area contributed by atoms with Crippen LogP contribution in [0.15, 0.2) is 0 Å². The lowest BCUT2D eigenvalue weighted by molar-refractivity contribution is -0.126. The standard InChI is InChI=1S/C14H28N2O2/c1-10(2)12(18)16-14(6,7)8-13(4,5)9-15-11(3)17/h10H,8-9H2,1-7H3,(H,15,17)(H,16,18). The lowest BCUT2D eigenvalue weighted by Gasteiger charge is -2.36. The normalized spacial score (nSPS) is 12.4. The zero-order valence-electron chi connectivity index (χ0n) is 12.8. The summed E-state index contributed by atoms with van der Waals surface area (Å²) in [5.74, 6) is 0.0326. The summed E-state index contributed by atoms with van der Waals surface area (Å²) in [6.07, 6.45) is 0.804. The second-order valence-electron chi connectivity index (χ2n) is 6.78. The fraction of sp³-hybridized carbons (Fsp3) is 0.857. The topological polar surface area (TPSA) is 58.2 Å². The second kappa shape index (κ2) is 6.21. The fourth-order valence-corrected chi connectivity index (χ4v) is 2.14. The number of carbonyl (C=O) groups excluding carboxylic acids is 2. The summed E-state index contributed by atoms with van der Waals surface area (Å²) in [6.45, 7) is 14.1. The van der Waals surface area contributed by atoms with Crippen molar-refractivity contribution in [3.05, 3.63) is 0 Å². The van der Waals surface area contributed by atoms with Crippen molar-refractivity contribution in [3.8, 4) is 0 Å². The Morgan fingerprint density at radius 3 is 2.00 bits per heavy atom. The first-order valence-electron chi connectivity index (χ1n) is 6.52. The van der Waals surface area contributed by atoms with Crippen LogP contribution in [0.5, 0.6) is 0 Å². The highest BCUT2D eigenvalue weighted by atomic mass is 16.2. The van der Waals surface area contributed by atoms with Crippen LogP contribution < -0.4 is 10.6 Å². The molecule has 0 atom stereocenters. The molecule has 0 aliphatic rings. The molecule has 0 rings (SSSR count). The Morgan fingerprint density at radius 1 is 1.11 bits per heavy atom. The van der Waals surface area contributed by atoms with Gasteiger partial charge in [-0.3, -0.25) is 9.59 Å². The van der Waals surface area contributed by atoms with Crippen molar-refractivity contribution in [1.29, 1.82) is 0 Å². The van der Waals surface area contributed by atoms with E-state index >= 15 is 0 Å². The summed E-state index contributed by atoms with van der Waals surface area (Å²) >= 11 is 0. The third-order valence-corrected chi connectivity index (χ3v) is 2.72. The molecule has 106 valence electrons. The van der Waals surface area contributed by atoms with Crippen molar-refractivity contribution in [2.45, 2.75) is 60.4 Å². The molecule has 0 aliphatic heterocycles. The molecule has 0 aliphatic carbocycles. The van der Waals surface area contributed by atoms with Gasteiger partial charge in [-0.25, -0.2) is 0 Å². The Morgan fingerprint density at radius 2 is 1.61 bits per heavy atom. The molecule has 18 heavy (non-hydrogen) atoms. The zero-order chi connectivity index (χ0) is 14.6. The first kappa shape index (κ1) is 16.9. The van der Waals surface area contributed by atoms with E-state index in [0.29, 0.717) is 6.54 Å². The summed E-state index contributed by atoms with van der Waals surface area (Å²) in [5.41, 5.74) is -0.331. The van der Waals surface area contributed by atoms with E-state index in [9.17, 15) is 9.59 Å². The zero-order valence-corrected chi connectivity index (χ0v) is 12.8. The molecule has 0 aromatic rings. The van der Waals surface area contributed by atoms with E-state index in [4.69, 9.17) is 0 Å². The van der Waals surface area contributed by atoms with E-state index in [1.165, 1.54) is 6.92 Å². The molecule has 0 aromatic heterocycles. The largest absolute Gasteiger partial charge is 0.356 e. The van der Waals surface area contributed by atoms with Crippen LogP contribution in [-0.4, -0.2) is 23.9 Å². The van der Waals surface area contributed by atoms with Crippen molar-refractivity contribution in [2.75, 3.05) is 6.54 Å². The fourth-order valence-electron chi connectivity index (χ4n) is 2.14. The highest BCUT2D eigenvalue weighted by Crippen LogP contribution is 2.27. The van der Waals surface area contributed by atoms with Crippen LogP contribution in [0.4, 0.5) is 0 Å². The quantitative estimate of drug-likeness (QED) is 0.764. The van der Waals surface area contributed by atoms with Crippen LogP contribution in [0.3, 0.4) is 0 Å². The highest BCUT2D eigenvalue weighted by molar-refractivity contribution is 5.78. The van der Waals surface area contributed by atoms with Crippen molar-refractivity contribution in [1.82, 2.24) is 10.6 Å². The number of carbonyl (C=O) groups is 2. The average Bonchev–Trinajstić information content (AvgIpc) is 2.12. The lowest BCUT2D eigenvalue weighted by Crippen LogP contribution is -2.49. The van der Waals surface area contributed by atoms with Crippen LogP contribution in [0, 0.1) is 11.3 Å². The first-order valence-corrected chi connectivity index (χ1v) is 6.52. The minimum absolute atomic E-state index is 0.0114. The van der Waals surface area contributed by atoms with E-state index in [0.717, 1.165) is 6.42 Å². The van der Waals surface area contributed by atoms with Gasteiger partial charge in [0.15, 0.2) is 0 Å². The number of nitrogens with one attached hydrogen (secondary N) is 2. The Balaban J connectivity index is 4.45. The van der Waals surface area contributed by atoms with Gasteiger partial charge in [0.1, 0.15) is 0 Å². The van der Waals surface area contributed by atoms with E-state index in [-0.39, 0.29) is 28.7 Å². The molecule has 0 heterocycles. The van der Waals surface area contributed by atoms with Crippen molar-refractivity contribution in [3.63, 3.8) is 0 Å². The highest BCUT2D eigenvalue weighted by Gasteiger charge is 2.30. The minimum Gasteiger partial charge on any atom is -0.356 e. The first-order chi connectivity index (χ1) is 7.95. The average molecular weight is 256 g/mol. The van der Waals surface area contributed by atoms with Crippen LogP contribution in [-0.2, 0) is 9.59 Å². The predicted molar refractivity (Wildman–Crippen MR) is 74.1 cm³/mol. The monoisotopic (exact) mass is 256 g/mol. The van der Waals surface area contributed by atoms with Gasteiger partial charge in [-0.05, 0) is 25.7 Å². The Labute approximate surface area is 111 Å². The third kappa shape index (κ3) is 7.30. The van der Waals surface area contributed by atoms with Crippen molar-refractivity contribution in [2.24, 2.45) is 11.3 Å². The van der Waals surface area contributed by atoms with E-state index in [2.05, 4.69) is 24.5 Å². The summed E-state index contributed by atoms with van der Waals surface area (Å²) in [4.78, 5) is 22.7. The molecule has 0 spiro atoms. The van der Waals surface area contributed by atoms with Gasteiger partial charge in [0.05, 0.1) is 0 Å². The molecule has 0 radical (unpaired) electrons. The van der Waals surface area contributed by atoms with Gasteiger partial charge < -0.3 is 10.6 Å². The predicted octanol–water partition coefficient (Wildman–Crippen LogP) is 2.09. The summed E-state index contributed by atoms with van der Waals surface area (Å²) in [7, 11) is 0. The van der Waals surface area contributed by atoms with E-state index in [1.54, 1.807) is 0 Å². The molecule has 0 saturated carbocycles. The maximum absolute atomic E-state index is 11.7. The number of amides is 2. The van der Waals surface area contributed by atoms with Gasteiger partial charge in [0.2, 0.25) is 11.8 Å². The molecule has 2 amide bonds. The third-order valence-electron chi connectivity index (χ3n) is 2.72. The van der Waals surface area contributed by atoms with Gasteiger partial charge in [-0.15, -0.1) is 0 Å². The summed E-state index contributed by atoms with van der Waals surface area (Å²) < 4.78 is 0. The van der Waals surface area contributed by atoms with Crippen LogP contribution in [0.2, 0.25) is 0 Å². The van der Waals surface area contributed by atoms with Crippen molar-refractivity contribution < 1.29 is 9.59 Å². The number of hydrogen-bond donors (Lipinski definition) is 2. The van der Waals surface area contributed by atoms with Gasteiger partial charge in [-0.2, -0.15) is 0 Å². The van der Waals surface area contributed by atoms with Gasteiger partial charge in [0, 0.05) is 24.9 Å². The Bertz CT molecular complexity index is 307. The number of rotatable bonds is 6. The van der Waals surface area contributed by atoms with Crippen LogP contribution >= 0.6 is 0 Å². The molecule has 0 bridgehead atoms. The van der Waals surface area contributed by atoms with Gasteiger partial charge >= 0.3 is 0 Å². The van der Waals surface area contributed by atoms with Gasteiger partial charge in [-0.1, -0.05) is 27.7 Å². The van der Waals surface area contributed by atoms with E-state index < -0.39 is 0 Å². The Hall–Kier alpha value is -1.06. The van der Waals surface area contributed by atoms with Crippen LogP contribution in [0.1, 0.15) is 54.9 Å². The molecule has 0 unspecified atom stereocenters. The second-order valence-corrected chi connectivity index (χ2v) is 6.78. The molecule has 4 nitrogen and oxygen atoms in total. The molecule has 2 N–H and O–H groups in total. The molecule has 0 fully saturated rings. The maximum Gasteiger partial charge on any atom is 0.222 e. The molecule has 0 aromatic carbocycles. The summed E-state index contributed by atoms with van der Waals surface area (Å²) in [5, 5.41) is 5.88. The SMILES string of the molecule is CC(=O)NCC(C)(C)CC(C)(C)NC(=O)C(C)C. The number of hydrogen-bond acceptors (Lipinski definition) is 2. The smallest absolute Gasteiger partial charge is 0.222 e. The molecular weight excluding hydrogens is 228 g/mol. The molecule has 4 heteroatoms. The van der Waals surface area contributed by atoms with Gasteiger partial charge in [0.25, 0.3) is 0 Å². The maximum atomic E-state index is 11.7. The van der Waals surface area contributed by atoms with E-state index in [1.807, 2.05) is 27.7 Å². The Kier molecular flexibility index (Phi) is 5.84. The van der Waals surface area contributed by atoms with Crippen molar-refractivity contribution >= 4 is 11.8 Å². The van der Waals surface area contributed by atoms with Crippen LogP contribution in [0.25, 0.3) is 0 Å². The minimum atomic E-state index is -0.274.